The van der Waals surface area contributed by atoms with Crippen molar-refractivity contribution in [3.8, 4) is 6.07 Å². The molecule has 2 aromatic rings. The first-order valence-electron chi connectivity index (χ1n) is 13.5. The highest BCUT2D eigenvalue weighted by Crippen LogP contribution is 2.65. The van der Waals surface area contributed by atoms with Crippen molar-refractivity contribution in [2.24, 2.45) is 28.6 Å². The smallest absolute Gasteiger partial charge is 0.251 e. The second-order valence-electron chi connectivity index (χ2n) is 12.1. The Balaban J connectivity index is 1.17. The van der Waals surface area contributed by atoms with Gasteiger partial charge in [-0.25, -0.2) is 4.98 Å². The van der Waals surface area contributed by atoms with E-state index in [4.69, 9.17) is 5.26 Å². The van der Waals surface area contributed by atoms with Crippen molar-refractivity contribution < 1.29 is 4.79 Å². The van der Waals surface area contributed by atoms with Crippen LogP contribution >= 0.6 is 0 Å². The maximum Gasteiger partial charge on any atom is 0.251 e. The molecule has 4 aliphatic rings. The van der Waals surface area contributed by atoms with Crippen LogP contribution in [0.2, 0.25) is 0 Å². The summed E-state index contributed by atoms with van der Waals surface area (Å²) in [7, 11) is 0. The molecule has 1 aromatic heterocycles. The van der Waals surface area contributed by atoms with E-state index in [0.717, 1.165) is 43.2 Å². The van der Waals surface area contributed by atoms with E-state index >= 15 is 0 Å². The van der Waals surface area contributed by atoms with Crippen molar-refractivity contribution in [2.75, 3.05) is 0 Å². The fourth-order valence-electron chi connectivity index (χ4n) is 8.25. The molecule has 1 N–H and O–H groups in total. The van der Waals surface area contributed by atoms with Crippen molar-refractivity contribution in [3.63, 3.8) is 0 Å². The number of hydrogen-bond acceptors (Lipinski definition) is 3. The van der Waals surface area contributed by atoms with Gasteiger partial charge in [0.15, 0.2) is 0 Å². The molecule has 186 valence electrons. The van der Waals surface area contributed by atoms with Gasteiger partial charge in [0, 0.05) is 28.9 Å². The SMILES string of the molecule is Cc1cn(C2=CCC3C4CC=C5CC(NC(=O)c6ccc(C#N)cc6)CCC5(C)C4CCC23C)cn1. The largest absolute Gasteiger partial charge is 0.349 e. The molecule has 4 aliphatic carbocycles. The summed E-state index contributed by atoms with van der Waals surface area (Å²) in [6.45, 7) is 7.08. The number of amides is 1. The number of fused-ring (bicyclic) bond motifs is 5. The summed E-state index contributed by atoms with van der Waals surface area (Å²) < 4.78 is 2.28. The van der Waals surface area contributed by atoms with E-state index in [1.54, 1.807) is 29.8 Å². The van der Waals surface area contributed by atoms with Crippen molar-refractivity contribution in [3.05, 3.63) is 71.3 Å². The minimum atomic E-state index is -0.0323. The quantitative estimate of drug-likeness (QED) is 0.526. The molecule has 0 radical (unpaired) electrons. The third-order valence-corrected chi connectivity index (χ3v) is 10.2. The number of carbonyl (C=O) groups is 1. The number of benzene rings is 1. The Morgan fingerprint density at radius 2 is 1.86 bits per heavy atom. The Kier molecular flexibility index (Phi) is 5.48. The highest BCUT2D eigenvalue weighted by molar-refractivity contribution is 5.94. The fraction of sp³-hybridized carbons (Fsp3) is 0.516. The van der Waals surface area contributed by atoms with Crippen LogP contribution in [0.15, 0.2) is 54.5 Å². The second kappa shape index (κ2) is 8.47. The summed E-state index contributed by atoms with van der Waals surface area (Å²) >= 11 is 0. The van der Waals surface area contributed by atoms with Crippen molar-refractivity contribution in [2.45, 2.75) is 71.8 Å². The first-order valence-corrected chi connectivity index (χ1v) is 13.5. The van der Waals surface area contributed by atoms with E-state index < -0.39 is 0 Å². The maximum atomic E-state index is 12.9. The van der Waals surface area contributed by atoms with Gasteiger partial charge in [0.05, 0.1) is 23.7 Å². The molecule has 0 aliphatic heterocycles. The standard InChI is InChI=1S/C31H36N4O/c1-20-18-35(19-33-20)28-11-10-26-25-9-8-23-16-24(34-29(36)22-6-4-21(17-32)5-7-22)12-14-30(23,2)27(25)13-15-31(26,28)3/h4-8,11,18-19,24-27H,9-10,12-16H2,1-3H3,(H,34,36). The molecule has 6 rings (SSSR count). The number of nitrogens with zero attached hydrogens (tertiary/aromatic N) is 3. The summed E-state index contributed by atoms with van der Waals surface area (Å²) in [5, 5.41) is 12.3. The lowest BCUT2D eigenvalue weighted by molar-refractivity contribution is -0.0137. The van der Waals surface area contributed by atoms with Crippen LogP contribution in [0.3, 0.4) is 0 Å². The van der Waals surface area contributed by atoms with Crippen LogP contribution in [0.5, 0.6) is 0 Å². The van der Waals surface area contributed by atoms with Crippen LogP contribution in [0, 0.1) is 46.8 Å². The van der Waals surface area contributed by atoms with Gasteiger partial charge in [0.1, 0.15) is 0 Å². The minimum absolute atomic E-state index is 0.0323. The van der Waals surface area contributed by atoms with E-state index in [-0.39, 0.29) is 22.8 Å². The number of imidazole rings is 1. The van der Waals surface area contributed by atoms with Crippen LogP contribution in [0.1, 0.15) is 80.4 Å². The molecule has 1 aromatic carbocycles. The molecular formula is C31H36N4O. The van der Waals surface area contributed by atoms with Crippen molar-refractivity contribution >= 4 is 11.6 Å². The third kappa shape index (κ3) is 3.57. The normalized spacial score (nSPS) is 34.9. The zero-order valence-corrected chi connectivity index (χ0v) is 21.6. The topological polar surface area (TPSA) is 70.7 Å². The molecule has 6 unspecified atom stereocenters. The molecule has 36 heavy (non-hydrogen) atoms. The molecule has 0 spiro atoms. The molecule has 6 atom stereocenters. The van der Waals surface area contributed by atoms with Gasteiger partial charge >= 0.3 is 0 Å². The van der Waals surface area contributed by atoms with E-state index in [1.165, 1.54) is 25.0 Å². The molecule has 1 amide bonds. The van der Waals surface area contributed by atoms with Gasteiger partial charge in [-0.05, 0) is 99.3 Å². The lowest BCUT2D eigenvalue weighted by Gasteiger charge is -2.58. The van der Waals surface area contributed by atoms with Crippen LogP contribution in [0.4, 0.5) is 0 Å². The zero-order chi connectivity index (χ0) is 25.1. The van der Waals surface area contributed by atoms with Gasteiger partial charge in [-0.1, -0.05) is 31.6 Å². The van der Waals surface area contributed by atoms with Gasteiger partial charge in [0.2, 0.25) is 0 Å². The molecule has 2 saturated carbocycles. The number of allylic oxidation sites excluding steroid dienone is 3. The molecule has 2 fully saturated rings. The van der Waals surface area contributed by atoms with Gasteiger partial charge in [-0.3, -0.25) is 4.79 Å². The molecule has 5 heteroatoms. The molecule has 0 saturated heterocycles. The van der Waals surface area contributed by atoms with Crippen molar-refractivity contribution in [1.29, 1.82) is 5.26 Å². The first-order chi connectivity index (χ1) is 17.3. The Bertz CT molecular complexity index is 1290. The predicted octanol–water partition coefficient (Wildman–Crippen LogP) is 6.28. The summed E-state index contributed by atoms with van der Waals surface area (Å²) in [4.78, 5) is 17.4. The summed E-state index contributed by atoms with van der Waals surface area (Å²) in [5.41, 5.74) is 5.79. The second-order valence-corrected chi connectivity index (χ2v) is 12.1. The van der Waals surface area contributed by atoms with Crippen LogP contribution in [-0.4, -0.2) is 21.5 Å². The minimum Gasteiger partial charge on any atom is -0.349 e. The number of nitriles is 1. The van der Waals surface area contributed by atoms with Crippen LogP contribution in [0.25, 0.3) is 5.70 Å². The maximum absolute atomic E-state index is 12.9. The fourth-order valence-corrected chi connectivity index (χ4v) is 8.25. The Morgan fingerprint density at radius 3 is 2.58 bits per heavy atom. The average molecular weight is 481 g/mol. The number of aromatic nitrogens is 2. The lowest BCUT2D eigenvalue weighted by atomic mass is 9.47. The van der Waals surface area contributed by atoms with Crippen LogP contribution < -0.4 is 5.32 Å². The Labute approximate surface area is 214 Å². The molecule has 1 heterocycles. The lowest BCUT2D eigenvalue weighted by Crippen LogP contribution is -2.51. The number of nitrogens with one attached hydrogen (secondary N) is 1. The first kappa shape index (κ1) is 23.3. The summed E-state index contributed by atoms with van der Waals surface area (Å²) in [5.74, 6) is 2.11. The Hall–Kier alpha value is -3.13. The third-order valence-electron chi connectivity index (χ3n) is 10.2. The molecular weight excluding hydrogens is 444 g/mol. The van der Waals surface area contributed by atoms with E-state index in [1.807, 2.05) is 6.33 Å². The average Bonchev–Trinajstić information content (AvgIpc) is 3.46. The predicted molar refractivity (Wildman–Crippen MR) is 141 cm³/mol. The highest BCUT2D eigenvalue weighted by Gasteiger charge is 2.57. The van der Waals surface area contributed by atoms with Crippen LogP contribution in [-0.2, 0) is 0 Å². The van der Waals surface area contributed by atoms with E-state index in [2.05, 4.69) is 60.1 Å². The molecule has 5 nitrogen and oxygen atoms in total. The monoisotopic (exact) mass is 480 g/mol. The van der Waals surface area contributed by atoms with Crippen molar-refractivity contribution in [1.82, 2.24) is 14.9 Å². The zero-order valence-electron chi connectivity index (χ0n) is 21.6. The number of hydrogen-bond donors (Lipinski definition) is 1. The Morgan fingerprint density at radius 1 is 1.08 bits per heavy atom. The van der Waals surface area contributed by atoms with Gasteiger partial charge in [-0.15, -0.1) is 0 Å². The van der Waals surface area contributed by atoms with Gasteiger partial charge in [-0.2, -0.15) is 5.26 Å². The number of carbonyl (C=O) groups excluding carboxylic acids is 1. The molecule has 0 bridgehead atoms. The number of rotatable bonds is 3. The summed E-state index contributed by atoms with van der Waals surface area (Å²) in [6, 6.07) is 9.22. The van der Waals surface area contributed by atoms with E-state index in [0.29, 0.717) is 17.0 Å². The van der Waals surface area contributed by atoms with Gasteiger partial charge in [0.25, 0.3) is 5.91 Å². The summed E-state index contributed by atoms with van der Waals surface area (Å²) in [6.07, 6.45) is 17.2. The number of aryl methyl sites for hydroxylation is 1. The van der Waals surface area contributed by atoms with E-state index in [9.17, 15) is 4.79 Å². The van der Waals surface area contributed by atoms with Gasteiger partial charge < -0.3 is 9.88 Å². The highest BCUT2D eigenvalue weighted by atomic mass is 16.1.